The summed E-state index contributed by atoms with van der Waals surface area (Å²) in [5.41, 5.74) is 8.55. The van der Waals surface area contributed by atoms with Gasteiger partial charge in [-0.1, -0.05) is 18.2 Å². The van der Waals surface area contributed by atoms with Crippen LogP contribution < -0.4 is 5.73 Å². The van der Waals surface area contributed by atoms with E-state index < -0.39 is 0 Å². The van der Waals surface area contributed by atoms with Crippen LogP contribution in [0, 0.1) is 0 Å². The van der Waals surface area contributed by atoms with Gasteiger partial charge in [0, 0.05) is 12.3 Å². The van der Waals surface area contributed by atoms with E-state index in [1.54, 1.807) is 33.9 Å². The molecule has 4 aromatic rings. The first-order valence-corrected chi connectivity index (χ1v) is 6.38. The minimum absolute atomic E-state index is 0.513. The van der Waals surface area contributed by atoms with Crippen LogP contribution in [-0.4, -0.2) is 29.4 Å². The molecule has 0 radical (unpaired) electrons. The number of aromatic nitrogens is 6. The van der Waals surface area contributed by atoms with Gasteiger partial charge in [-0.3, -0.25) is 4.40 Å². The molecule has 0 fully saturated rings. The summed E-state index contributed by atoms with van der Waals surface area (Å²) in [5, 5.41) is 12.6. The molecule has 0 aliphatic carbocycles. The molecule has 0 saturated heterocycles. The van der Waals surface area contributed by atoms with Crippen molar-refractivity contribution in [2.45, 2.75) is 0 Å². The highest BCUT2D eigenvalue weighted by molar-refractivity contribution is 5.71. The molecule has 0 spiro atoms. The lowest BCUT2D eigenvalue weighted by Gasteiger charge is -2.04. The first-order chi connectivity index (χ1) is 10.3. The Morgan fingerprint density at radius 1 is 1.00 bits per heavy atom. The lowest BCUT2D eigenvalue weighted by atomic mass is 10.3. The Kier molecular flexibility index (Phi) is 2.43. The lowest BCUT2D eigenvalue weighted by Crippen LogP contribution is -2.02. The fraction of sp³-hybridized carbons (Fsp3) is 0. The number of hydrogen-bond donors (Lipinski definition) is 1. The van der Waals surface area contributed by atoms with Crippen LogP contribution in [-0.2, 0) is 0 Å². The van der Waals surface area contributed by atoms with Crippen LogP contribution in [0.2, 0.25) is 0 Å². The van der Waals surface area contributed by atoms with E-state index in [1.807, 2.05) is 30.3 Å². The fourth-order valence-electron chi connectivity index (χ4n) is 2.23. The number of fused-ring (bicyclic) bond motifs is 1. The summed E-state index contributed by atoms with van der Waals surface area (Å²) in [6.45, 7) is 0. The third-order valence-electron chi connectivity index (χ3n) is 3.26. The van der Waals surface area contributed by atoms with Crippen molar-refractivity contribution in [3.8, 4) is 17.1 Å². The van der Waals surface area contributed by atoms with Crippen molar-refractivity contribution in [3.05, 3.63) is 55.1 Å². The molecule has 0 atom stereocenters. The maximum atomic E-state index is 6.22. The zero-order valence-corrected chi connectivity index (χ0v) is 11.0. The molecular weight excluding hydrogens is 266 g/mol. The molecule has 7 heteroatoms. The summed E-state index contributed by atoms with van der Waals surface area (Å²) in [5.74, 6) is 1.14. The number of benzene rings is 1. The van der Waals surface area contributed by atoms with Crippen LogP contribution in [0.4, 0.5) is 5.82 Å². The topological polar surface area (TPSA) is 86.9 Å². The molecule has 0 amide bonds. The Bertz CT molecular complexity index is 907. The zero-order chi connectivity index (χ0) is 14.2. The van der Waals surface area contributed by atoms with E-state index in [0.29, 0.717) is 17.3 Å². The van der Waals surface area contributed by atoms with Gasteiger partial charge in [0.1, 0.15) is 12.1 Å². The van der Waals surface area contributed by atoms with E-state index in [0.717, 1.165) is 11.3 Å². The molecule has 0 aliphatic heterocycles. The van der Waals surface area contributed by atoms with Crippen molar-refractivity contribution in [1.82, 2.24) is 29.4 Å². The maximum absolute atomic E-state index is 6.22. The van der Waals surface area contributed by atoms with E-state index in [9.17, 15) is 0 Å². The Labute approximate surface area is 119 Å². The van der Waals surface area contributed by atoms with Crippen molar-refractivity contribution in [2.75, 3.05) is 5.73 Å². The maximum Gasteiger partial charge on any atom is 0.174 e. The molecular formula is C14H11N7. The number of nitrogen functional groups attached to an aromatic ring is 1. The van der Waals surface area contributed by atoms with E-state index in [2.05, 4.69) is 20.3 Å². The minimum Gasteiger partial charge on any atom is -0.383 e. The van der Waals surface area contributed by atoms with Crippen molar-refractivity contribution in [3.63, 3.8) is 0 Å². The third kappa shape index (κ3) is 1.75. The average Bonchev–Trinajstić information content (AvgIpc) is 3.11. The van der Waals surface area contributed by atoms with Gasteiger partial charge in [0.25, 0.3) is 0 Å². The van der Waals surface area contributed by atoms with E-state index >= 15 is 0 Å². The minimum atomic E-state index is 0.513. The molecule has 0 saturated carbocycles. The van der Waals surface area contributed by atoms with Gasteiger partial charge in [0.2, 0.25) is 0 Å². The quantitative estimate of drug-likeness (QED) is 0.600. The van der Waals surface area contributed by atoms with Crippen LogP contribution >= 0.6 is 0 Å². The fourth-order valence-corrected chi connectivity index (χ4v) is 2.23. The van der Waals surface area contributed by atoms with Gasteiger partial charge in [-0.25, -0.2) is 9.67 Å². The largest absolute Gasteiger partial charge is 0.383 e. The molecule has 7 nitrogen and oxygen atoms in total. The van der Waals surface area contributed by atoms with Crippen molar-refractivity contribution >= 4 is 11.5 Å². The zero-order valence-electron chi connectivity index (χ0n) is 11.0. The van der Waals surface area contributed by atoms with Gasteiger partial charge in [-0.2, -0.15) is 5.10 Å². The van der Waals surface area contributed by atoms with Gasteiger partial charge in [-0.15, -0.1) is 10.2 Å². The number of nitrogens with two attached hydrogens (primary N) is 1. The van der Waals surface area contributed by atoms with Gasteiger partial charge >= 0.3 is 0 Å². The number of para-hydroxylation sites is 1. The molecule has 21 heavy (non-hydrogen) atoms. The molecule has 3 heterocycles. The van der Waals surface area contributed by atoms with Gasteiger partial charge in [0.05, 0.1) is 17.4 Å². The SMILES string of the molecule is Nc1c(-c2nnc3ccncn23)cnn1-c1ccccc1. The van der Waals surface area contributed by atoms with Gasteiger partial charge < -0.3 is 5.73 Å². The summed E-state index contributed by atoms with van der Waals surface area (Å²) in [6, 6.07) is 11.5. The highest BCUT2D eigenvalue weighted by Crippen LogP contribution is 2.26. The second kappa shape index (κ2) is 4.41. The van der Waals surface area contributed by atoms with Crippen LogP contribution in [0.15, 0.2) is 55.1 Å². The number of anilines is 1. The second-order valence-electron chi connectivity index (χ2n) is 4.52. The highest BCUT2D eigenvalue weighted by atomic mass is 15.3. The van der Waals surface area contributed by atoms with E-state index in [1.165, 1.54) is 0 Å². The Morgan fingerprint density at radius 2 is 1.86 bits per heavy atom. The highest BCUT2D eigenvalue weighted by Gasteiger charge is 2.16. The summed E-state index contributed by atoms with van der Waals surface area (Å²) in [6.07, 6.45) is 5.01. The molecule has 0 bridgehead atoms. The van der Waals surface area contributed by atoms with Gasteiger partial charge in [-0.05, 0) is 12.1 Å². The monoisotopic (exact) mass is 277 g/mol. The molecule has 3 aromatic heterocycles. The average molecular weight is 277 g/mol. The van der Waals surface area contributed by atoms with Crippen LogP contribution in [0.25, 0.3) is 22.7 Å². The number of rotatable bonds is 2. The summed E-state index contributed by atoms with van der Waals surface area (Å²) in [7, 11) is 0. The molecule has 4 rings (SSSR count). The third-order valence-corrected chi connectivity index (χ3v) is 3.26. The summed E-state index contributed by atoms with van der Waals surface area (Å²) < 4.78 is 3.45. The second-order valence-corrected chi connectivity index (χ2v) is 4.52. The summed E-state index contributed by atoms with van der Waals surface area (Å²) >= 11 is 0. The van der Waals surface area contributed by atoms with Crippen LogP contribution in [0.3, 0.4) is 0 Å². The molecule has 0 aliphatic rings. The lowest BCUT2D eigenvalue weighted by molar-refractivity contribution is 0.891. The Hall–Kier alpha value is -3.22. The van der Waals surface area contributed by atoms with E-state index in [4.69, 9.17) is 5.73 Å². The normalized spacial score (nSPS) is 11.0. The van der Waals surface area contributed by atoms with Crippen molar-refractivity contribution < 1.29 is 0 Å². The van der Waals surface area contributed by atoms with Crippen LogP contribution in [0.1, 0.15) is 0 Å². The molecule has 2 N–H and O–H groups in total. The molecule has 102 valence electrons. The van der Waals surface area contributed by atoms with Crippen LogP contribution in [0.5, 0.6) is 0 Å². The Morgan fingerprint density at radius 3 is 2.71 bits per heavy atom. The molecule has 0 unspecified atom stereocenters. The first-order valence-electron chi connectivity index (χ1n) is 6.38. The predicted molar refractivity (Wildman–Crippen MR) is 77.8 cm³/mol. The Balaban J connectivity index is 1.89. The number of nitrogens with zero attached hydrogens (tertiary/aromatic N) is 6. The first kappa shape index (κ1) is 11.6. The number of hydrogen-bond acceptors (Lipinski definition) is 5. The standard InChI is InChI=1S/C14H11N7/c15-13-11(8-17-21(13)10-4-2-1-3-5-10)14-19-18-12-6-7-16-9-20(12)14/h1-9H,15H2. The van der Waals surface area contributed by atoms with Crippen molar-refractivity contribution in [1.29, 1.82) is 0 Å². The molecule has 1 aromatic carbocycles. The van der Waals surface area contributed by atoms with Gasteiger partial charge in [0.15, 0.2) is 11.5 Å². The van der Waals surface area contributed by atoms with Crippen molar-refractivity contribution in [2.24, 2.45) is 0 Å². The summed E-state index contributed by atoms with van der Waals surface area (Å²) in [4.78, 5) is 4.08. The van der Waals surface area contributed by atoms with E-state index in [-0.39, 0.29) is 0 Å². The smallest absolute Gasteiger partial charge is 0.174 e. The predicted octanol–water partition coefficient (Wildman–Crippen LogP) is 1.56.